The van der Waals surface area contributed by atoms with Crippen LogP contribution in [0.5, 0.6) is 0 Å². The summed E-state index contributed by atoms with van der Waals surface area (Å²) in [6, 6.07) is 8.93. The molecular formula is C14H18N4S. The molecule has 4 nitrogen and oxygen atoms in total. The number of hydrogen-bond donors (Lipinski definition) is 1. The molecule has 2 aromatic rings. The fourth-order valence-electron chi connectivity index (χ4n) is 2.39. The van der Waals surface area contributed by atoms with Crippen LogP contribution in [-0.2, 0) is 7.05 Å². The number of hydrogen-bond acceptors (Lipinski definition) is 4. The summed E-state index contributed by atoms with van der Waals surface area (Å²) in [6.45, 7) is 0. The van der Waals surface area contributed by atoms with Crippen LogP contribution in [0.15, 0.2) is 30.6 Å². The van der Waals surface area contributed by atoms with E-state index in [9.17, 15) is 0 Å². The summed E-state index contributed by atoms with van der Waals surface area (Å²) in [5.74, 6) is 3.42. The minimum Gasteiger partial charge on any atom is -0.382 e. The van der Waals surface area contributed by atoms with Crippen molar-refractivity contribution in [2.45, 2.75) is 18.9 Å². The van der Waals surface area contributed by atoms with Crippen molar-refractivity contribution < 1.29 is 0 Å². The molecule has 0 bridgehead atoms. The van der Waals surface area contributed by atoms with Gasteiger partial charge in [-0.3, -0.25) is 0 Å². The Hall–Kier alpha value is -1.49. The predicted octanol–water partition coefficient (Wildman–Crippen LogP) is 2.79. The van der Waals surface area contributed by atoms with Gasteiger partial charge in [-0.1, -0.05) is 12.1 Å². The van der Waals surface area contributed by atoms with Crippen LogP contribution >= 0.6 is 11.8 Å². The largest absolute Gasteiger partial charge is 0.382 e. The molecule has 0 spiro atoms. The maximum Gasteiger partial charge on any atom is 0.165 e. The highest BCUT2D eigenvalue weighted by Crippen LogP contribution is 2.28. The van der Waals surface area contributed by atoms with E-state index in [1.807, 2.05) is 29.4 Å². The van der Waals surface area contributed by atoms with Crippen LogP contribution in [0.3, 0.4) is 0 Å². The van der Waals surface area contributed by atoms with Gasteiger partial charge in [0.25, 0.3) is 0 Å². The van der Waals surface area contributed by atoms with Gasteiger partial charge in [0.15, 0.2) is 5.82 Å². The van der Waals surface area contributed by atoms with Gasteiger partial charge in [-0.2, -0.15) is 11.8 Å². The highest BCUT2D eigenvalue weighted by Gasteiger charge is 2.16. The third-order valence-corrected chi connectivity index (χ3v) is 4.51. The molecule has 2 heterocycles. The molecule has 1 aromatic carbocycles. The molecule has 0 unspecified atom stereocenters. The Labute approximate surface area is 117 Å². The third-order valence-electron chi connectivity index (χ3n) is 3.46. The highest BCUT2D eigenvalue weighted by atomic mass is 32.2. The lowest BCUT2D eigenvalue weighted by Gasteiger charge is -2.24. The normalized spacial score (nSPS) is 16.5. The second-order valence-electron chi connectivity index (χ2n) is 4.84. The van der Waals surface area contributed by atoms with Gasteiger partial charge in [-0.25, -0.2) is 0 Å². The summed E-state index contributed by atoms with van der Waals surface area (Å²) < 4.78 is 1.96. The summed E-state index contributed by atoms with van der Waals surface area (Å²) in [7, 11) is 1.98. The van der Waals surface area contributed by atoms with E-state index in [4.69, 9.17) is 0 Å². The van der Waals surface area contributed by atoms with E-state index < -0.39 is 0 Å². The summed E-state index contributed by atoms with van der Waals surface area (Å²) in [6.07, 6.45) is 4.21. The van der Waals surface area contributed by atoms with Gasteiger partial charge in [-0.15, -0.1) is 10.2 Å². The monoisotopic (exact) mass is 274 g/mol. The molecule has 3 rings (SSSR count). The molecule has 1 aliphatic heterocycles. The lowest BCUT2D eigenvalue weighted by Crippen LogP contribution is -2.24. The minimum atomic E-state index is 0.579. The zero-order valence-electron chi connectivity index (χ0n) is 11.0. The number of anilines is 1. The van der Waals surface area contributed by atoms with Crippen LogP contribution in [-0.4, -0.2) is 32.3 Å². The Bertz CT molecular complexity index is 546. The Morgan fingerprint density at radius 1 is 1.26 bits per heavy atom. The van der Waals surface area contributed by atoms with E-state index in [0.717, 1.165) is 17.1 Å². The van der Waals surface area contributed by atoms with E-state index >= 15 is 0 Å². The Kier molecular flexibility index (Phi) is 3.73. The van der Waals surface area contributed by atoms with Crippen molar-refractivity contribution in [2.24, 2.45) is 7.05 Å². The van der Waals surface area contributed by atoms with Gasteiger partial charge in [0.2, 0.25) is 0 Å². The molecule has 0 aliphatic carbocycles. The van der Waals surface area contributed by atoms with Crippen LogP contribution in [0.4, 0.5) is 5.69 Å². The van der Waals surface area contributed by atoms with Crippen LogP contribution in [0.2, 0.25) is 0 Å². The molecule has 5 heteroatoms. The van der Waals surface area contributed by atoms with Crippen LogP contribution in [0.1, 0.15) is 12.8 Å². The molecule has 1 saturated heterocycles. The van der Waals surface area contributed by atoms with E-state index in [2.05, 4.69) is 33.7 Å². The Morgan fingerprint density at radius 3 is 2.79 bits per heavy atom. The van der Waals surface area contributed by atoms with Crippen molar-refractivity contribution in [1.29, 1.82) is 0 Å². The summed E-state index contributed by atoms with van der Waals surface area (Å²) in [5, 5.41) is 11.8. The fourth-order valence-corrected chi connectivity index (χ4v) is 3.50. The molecule has 0 amide bonds. The maximum atomic E-state index is 4.21. The number of nitrogens with zero attached hydrogens (tertiary/aromatic N) is 3. The predicted molar refractivity (Wildman–Crippen MR) is 80.4 cm³/mol. The highest BCUT2D eigenvalue weighted by molar-refractivity contribution is 7.99. The van der Waals surface area contributed by atoms with Gasteiger partial charge in [-0.05, 0) is 36.5 Å². The first-order valence-corrected chi connectivity index (χ1v) is 7.78. The van der Waals surface area contributed by atoms with Gasteiger partial charge in [0, 0.05) is 24.3 Å². The first-order chi connectivity index (χ1) is 9.34. The zero-order valence-corrected chi connectivity index (χ0v) is 11.9. The van der Waals surface area contributed by atoms with Gasteiger partial charge < -0.3 is 9.88 Å². The second-order valence-corrected chi connectivity index (χ2v) is 6.07. The number of aromatic nitrogens is 3. The number of nitrogens with one attached hydrogen (secondary N) is 1. The quantitative estimate of drug-likeness (QED) is 0.934. The number of rotatable bonds is 3. The van der Waals surface area contributed by atoms with E-state index in [1.165, 1.54) is 24.3 Å². The molecule has 1 N–H and O–H groups in total. The average Bonchev–Trinajstić information content (AvgIpc) is 2.87. The zero-order chi connectivity index (χ0) is 13.1. The van der Waals surface area contributed by atoms with Crippen molar-refractivity contribution in [1.82, 2.24) is 14.8 Å². The van der Waals surface area contributed by atoms with E-state index in [1.54, 1.807) is 6.33 Å². The van der Waals surface area contributed by atoms with Crippen molar-refractivity contribution >= 4 is 17.4 Å². The summed E-state index contributed by atoms with van der Waals surface area (Å²) in [5.41, 5.74) is 2.29. The van der Waals surface area contributed by atoms with E-state index in [-0.39, 0.29) is 0 Å². The van der Waals surface area contributed by atoms with Crippen molar-refractivity contribution in [3.8, 4) is 11.4 Å². The van der Waals surface area contributed by atoms with Crippen LogP contribution in [0.25, 0.3) is 11.4 Å². The molecule has 1 aliphatic rings. The molecule has 1 fully saturated rings. The summed E-state index contributed by atoms with van der Waals surface area (Å²) in [4.78, 5) is 0. The van der Waals surface area contributed by atoms with Gasteiger partial charge in [0.1, 0.15) is 6.33 Å². The molecule has 19 heavy (non-hydrogen) atoms. The van der Waals surface area contributed by atoms with Crippen molar-refractivity contribution in [3.63, 3.8) is 0 Å². The van der Waals surface area contributed by atoms with Gasteiger partial charge >= 0.3 is 0 Å². The molecule has 1 aromatic heterocycles. The lowest BCUT2D eigenvalue weighted by atomic mass is 10.1. The topological polar surface area (TPSA) is 42.7 Å². The molecule has 0 radical (unpaired) electrons. The second kappa shape index (κ2) is 5.65. The smallest absolute Gasteiger partial charge is 0.165 e. The number of benzene rings is 1. The molecule has 0 saturated carbocycles. The van der Waals surface area contributed by atoms with Crippen LogP contribution in [0, 0.1) is 0 Å². The molecule has 100 valence electrons. The standard InChI is InChI=1S/C14H18N4S/c1-18-10-15-17-14(18)12-4-2-3-5-13(12)16-11-6-8-19-9-7-11/h2-5,10-11,16H,6-9H2,1H3. The molecule has 0 atom stereocenters. The fraction of sp³-hybridized carbons (Fsp3) is 0.429. The maximum absolute atomic E-state index is 4.21. The van der Waals surface area contributed by atoms with Gasteiger partial charge in [0.05, 0.1) is 0 Å². The van der Waals surface area contributed by atoms with Crippen LogP contribution < -0.4 is 5.32 Å². The number of para-hydroxylation sites is 1. The SMILES string of the molecule is Cn1cnnc1-c1ccccc1NC1CCSCC1. The minimum absolute atomic E-state index is 0.579. The summed E-state index contributed by atoms with van der Waals surface area (Å²) >= 11 is 2.05. The third kappa shape index (κ3) is 2.76. The first kappa shape index (κ1) is 12.5. The lowest BCUT2D eigenvalue weighted by molar-refractivity contribution is 0.667. The van der Waals surface area contributed by atoms with Crippen molar-refractivity contribution in [3.05, 3.63) is 30.6 Å². The Morgan fingerprint density at radius 2 is 2.05 bits per heavy atom. The Balaban J connectivity index is 1.87. The first-order valence-electron chi connectivity index (χ1n) is 6.62. The average molecular weight is 274 g/mol. The number of aryl methyl sites for hydroxylation is 1. The molecular weight excluding hydrogens is 256 g/mol. The van der Waals surface area contributed by atoms with Crippen molar-refractivity contribution in [2.75, 3.05) is 16.8 Å². The number of thioether (sulfide) groups is 1. The van der Waals surface area contributed by atoms with E-state index in [0.29, 0.717) is 6.04 Å².